The zero-order chi connectivity index (χ0) is 15.8. The van der Waals surface area contributed by atoms with Crippen molar-refractivity contribution in [2.45, 2.75) is 20.3 Å². The molecule has 0 aliphatic carbocycles. The fourth-order valence-electron chi connectivity index (χ4n) is 2.14. The maximum Gasteiger partial charge on any atom is 0.316 e. The molecule has 2 aromatic rings. The van der Waals surface area contributed by atoms with Crippen LogP contribution in [0.4, 0.5) is 0 Å². The third kappa shape index (κ3) is 4.39. The van der Waals surface area contributed by atoms with Crippen LogP contribution in [-0.4, -0.2) is 47.1 Å². The lowest BCUT2D eigenvalue weighted by Gasteiger charge is -2.17. The molecule has 1 heterocycles. The minimum atomic E-state index is -0.325. The van der Waals surface area contributed by atoms with Gasteiger partial charge in [0, 0.05) is 12.1 Å². The minimum absolute atomic E-state index is 0.00157. The number of carbonyl (C=O) groups is 1. The summed E-state index contributed by atoms with van der Waals surface area (Å²) in [5.41, 5.74) is 0.826. The fraction of sp³-hybridized carbons (Fsp3) is 0.438. The second-order valence-electron chi connectivity index (χ2n) is 4.93. The number of benzene rings is 1. The SMILES string of the molecule is CCN(CC)CCCNC(=O)c1nc(-c2ccccc2)no1. The first kappa shape index (κ1) is 16.2. The molecule has 1 aromatic heterocycles. The maximum absolute atomic E-state index is 12.0. The molecule has 22 heavy (non-hydrogen) atoms. The Kier molecular flexibility index (Phi) is 6.09. The fourth-order valence-corrected chi connectivity index (χ4v) is 2.14. The highest BCUT2D eigenvalue weighted by molar-refractivity contribution is 5.89. The normalized spacial score (nSPS) is 10.9. The first-order chi connectivity index (χ1) is 10.7. The lowest BCUT2D eigenvalue weighted by atomic mass is 10.2. The molecule has 0 radical (unpaired) electrons. The topological polar surface area (TPSA) is 71.3 Å². The molecule has 0 bridgehead atoms. The van der Waals surface area contributed by atoms with E-state index in [4.69, 9.17) is 4.52 Å². The van der Waals surface area contributed by atoms with Crippen molar-refractivity contribution in [1.29, 1.82) is 0 Å². The smallest absolute Gasteiger partial charge is 0.316 e. The van der Waals surface area contributed by atoms with Crippen molar-refractivity contribution in [2.75, 3.05) is 26.2 Å². The third-order valence-electron chi connectivity index (χ3n) is 3.48. The molecule has 118 valence electrons. The third-order valence-corrected chi connectivity index (χ3v) is 3.48. The van der Waals surface area contributed by atoms with Crippen LogP contribution in [0.1, 0.15) is 31.0 Å². The Morgan fingerprint density at radius 2 is 1.95 bits per heavy atom. The van der Waals surface area contributed by atoms with Gasteiger partial charge in [-0.3, -0.25) is 4.79 Å². The van der Waals surface area contributed by atoms with Crippen LogP contribution in [0.5, 0.6) is 0 Å². The molecule has 1 amide bonds. The molecule has 1 N–H and O–H groups in total. The van der Waals surface area contributed by atoms with E-state index in [2.05, 4.69) is 34.2 Å². The van der Waals surface area contributed by atoms with Gasteiger partial charge in [0.05, 0.1) is 0 Å². The second kappa shape index (κ2) is 8.29. The van der Waals surface area contributed by atoms with Crippen LogP contribution >= 0.6 is 0 Å². The van der Waals surface area contributed by atoms with Crippen molar-refractivity contribution >= 4 is 5.91 Å². The Morgan fingerprint density at radius 3 is 2.64 bits per heavy atom. The Bertz CT molecular complexity index is 579. The largest absolute Gasteiger partial charge is 0.348 e. The quantitative estimate of drug-likeness (QED) is 0.757. The van der Waals surface area contributed by atoms with Crippen LogP contribution in [0.2, 0.25) is 0 Å². The van der Waals surface area contributed by atoms with Crippen LogP contribution in [0.3, 0.4) is 0 Å². The molecule has 6 nitrogen and oxygen atoms in total. The molecule has 0 unspecified atom stereocenters. The lowest BCUT2D eigenvalue weighted by Crippen LogP contribution is -2.30. The maximum atomic E-state index is 12.0. The average molecular weight is 302 g/mol. The standard InChI is InChI=1S/C16H22N4O2/c1-3-20(4-2)12-8-11-17-15(21)16-18-14(19-22-16)13-9-6-5-7-10-13/h5-7,9-10H,3-4,8,11-12H2,1-2H3,(H,17,21). The van der Waals surface area contributed by atoms with Crippen molar-refractivity contribution in [2.24, 2.45) is 0 Å². The molecule has 2 rings (SSSR count). The summed E-state index contributed by atoms with van der Waals surface area (Å²) >= 11 is 0. The molecular formula is C16H22N4O2. The van der Waals surface area contributed by atoms with Gasteiger partial charge in [0.2, 0.25) is 5.82 Å². The van der Waals surface area contributed by atoms with E-state index in [-0.39, 0.29) is 11.8 Å². The molecule has 6 heteroatoms. The van der Waals surface area contributed by atoms with Gasteiger partial charge in [-0.2, -0.15) is 4.98 Å². The Morgan fingerprint density at radius 1 is 1.23 bits per heavy atom. The first-order valence-corrected chi connectivity index (χ1v) is 7.64. The molecule has 1 aromatic carbocycles. The number of hydrogen-bond acceptors (Lipinski definition) is 5. The monoisotopic (exact) mass is 302 g/mol. The second-order valence-corrected chi connectivity index (χ2v) is 4.93. The van der Waals surface area contributed by atoms with Gasteiger partial charge in [-0.25, -0.2) is 0 Å². The van der Waals surface area contributed by atoms with Gasteiger partial charge >= 0.3 is 11.8 Å². The predicted molar refractivity (Wildman–Crippen MR) is 84.5 cm³/mol. The highest BCUT2D eigenvalue weighted by atomic mass is 16.5. The van der Waals surface area contributed by atoms with Gasteiger partial charge in [0.1, 0.15) is 0 Å². The number of hydrogen-bond donors (Lipinski definition) is 1. The van der Waals surface area contributed by atoms with Crippen molar-refractivity contribution in [3.05, 3.63) is 36.2 Å². The summed E-state index contributed by atoms with van der Waals surface area (Å²) in [5.74, 6) is 0.102. The number of nitrogens with one attached hydrogen (secondary N) is 1. The number of carbonyl (C=O) groups excluding carboxylic acids is 1. The van der Waals surface area contributed by atoms with Crippen molar-refractivity contribution in [1.82, 2.24) is 20.4 Å². The summed E-state index contributed by atoms with van der Waals surface area (Å²) in [6.07, 6.45) is 0.896. The molecule has 0 saturated carbocycles. The Hall–Kier alpha value is -2.21. The van der Waals surface area contributed by atoms with E-state index in [1.54, 1.807) is 0 Å². The summed E-state index contributed by atoms with van der Waals surface area (Å²) in [6, 6.07) is 9.43. The van der Waals surface area contributed by atoms with Crippen LogP contribution in [0.15, 0.2) is 34.9 Å². The van der Waals surface area contributed by atoms with Gasteiger partial charge in [-0.1, -0.05) is 49.3 Å². The number of aromatic nitrogens is 2. The lowest BCUT2D eigenvalue weighted by molar-refractivity contribution is 0.0908. The molecule has 0 saturated heterocycles. The summed E-state index contributed by atoms with van der Waals surface area (Å²) in [5, 5.41) is 6.64. The zero-order valence-electron chi connectivity index (χ0n) is 13.1. The van der Waals surface area contributed by atoms with Crippen molar-refractivity contribution < 1.29 is 9.32 Å². The number of rotatable bonds is 8. The van der Waals surface area contributed by atoms with E-state index in [1.165, 1.54) is 0 Å². The highest BCUT2D eigenvalue weighted by Gasteiger charge is 2.15. The first-order valence-electron chi connectivity index (χ1n) is 7.64. The van der Waals surface area contributed by atoms with Gasteiger partial charge < -0.3 is 14.7 Å². The van der Waals surface area contributed by atoms with Gasteiger partial charge in [0.25, 0.3) is 0 Å². The van der Waals surface area contributed by atoms with Crippen molar-refractivity contribution in [3.63, 3.8) is 0 Å². The van der Waals surface area contributed by atoms with Gasteiger partial charge in [-0.15, -0.1) is 0 Å². The van der Waals surface area contributed by atoms with Gasteiger partial charge in [0.15, 0.2) is 0 Å². The zero-order valence-corrected chi connectivity index (χ0v) is 13.1. The van der Waals surface area contributed by atoms with Gasteiger partial charge in [-0.05, 0) is 26.1 Å². The molecule has 0 aliphatic rings. The van der Waals surface area contributed by atoms with Crippen LogP contribution in [0, 0.1) is 0 Å². The van der Waals surface area contributed by atoms with E-state index in [0.29, 0.717) is 12.4 Å². The van der Waals surface area contributed by atoms with Crippen LogP contribution in [0.25, 0.3) is 11.4 Å². The van der Waals surface area contributed by atoms with E-state index >= 15 is 0 Å². The van der Waals surface area contributed by atoms with Crippen molar-refractivity contribution in [3.8, 4) is 11.4 Å². The van der Waals surface area contributed by atoms with E-state index in [0.717, 1.165) is 31.6 Å². The number of nitrogens with zero attached hydrogens (tertiary/aromatic N) is 3. The Labute approximate surface area is 130 Å². The average Bonchev–Trinajstić information content (AvgIpc) is 3.06. The number of amides is 1. The predicted octanol–water partition coefficient (Wildman–Crippen LogP) is 2.20. The Balaban J connectivity index is 1.82. The summed E-state index contributed by atoms with van der Waals surface area (Å²) in [4.78, 5) is 18.4. The highest BCUT2D eigenvalue weighted by Crippen LogP contribution is 2.14. The summed E-state index contributed by atoms with van der Waals surface area (Å²) < 4.78 is 5.02. The molecule has 0 fully saturated rings. The molecule has 0 aliphatic heterocycles. The van der Waals surface area contributed by atoms with E-state index in [9.17, 15) is 4.79 Å². The molecule has 0 atom stereocenters. The van der Waals surface area contributed by atoms with E-state index in [1.807, 2.05) is 30.3 Å². The van der Waals surface area contributed by atoms with Crippen LogP contribution in [-0.2, 0) is 0 Å². The molecule has 0 spiro atoms. The van der Waals surface area contributed by atoms with Crippen LogP contribution < -0.4 is 5.32 Å². The minimum Gasteiger partial charge on any atom is -0.348 e. The summed E-state index contributed by atoms with van der Waals surface area (Å²) in [6.45, 7) is 7.87. The summed E-state index contributed by atoms with van der Waals surface area (Å²) in [7, 11) is 0. The molecular weight excluding hydrogens is 280 g/mol. The van der Waals surface area contributed by atoms with E-state index < -0.39 is 0 Å².